The van der Waals surface area contributed by atoms with Crippen LogP contribution in [-0.4, -0.2) is 18.4 Å². The Morgan fingerprint density at radius 2 is 1.78 bits per heavy atom. The van der Waals surface area contributed by atoms with Crippen molar-refractivity contribution in [3.05, 3.63) is 69.8 Å². The molecule has 0 spiro atoms. The number of nitro groups is 1. The fourth-order valence-electron chi connectivity index (χ4n) is 2.16. The summed E-state index contributed by atoms with van der Waals surface area (Å²) in [5.41, 5.74) is -0.123. The lowest BCUT2D eigenvalue weighted by atomic mass is 10.0. The van der Waals surface area contributed by atoms with Gasteiger partial charge in [-0.05, 0) is 17.2 Å². The average Bonchev–Trinajstić information content (AvgIpc) is 2.54. The number of para-hydroxylation sites is 1. The number of sulfone groups is 1. The van der Waals surface area contributed by atoms with E-state index in [1.54, 1.807) is 18.2 Å². The molecule has 2 aromatic rings. The standard InChI is InChI=1S/C15H12N2O5S/c16-9-14(18)12-6-2-1-5-11(12)10-23(21,22)15-8-4-3-7-13(15)17(19)20/h1-8,14,18H,10H2. The SMILES string of the molecule is N#CC(O)c1ccccc1CS(=O)(=O)c1ccccc1[N+](=O)[O-]. The third-order valence-corrected chi connectivity index (χ3v) is 4.92. The van der Waals surface area contributed by atoms with Crippen LogP contribution in [0.15, 0.2) is 53.4 Å². The van der Waals surface area contributed by atoms with Gasteiger partial charge in [-0.25, -0.2) is 8.42 Å². The number of nitrogens with zero attached hydrogens (tertiary/aromatic N) is 2. The molecule has 0 aromatic heterocycles. The third-order valence-electron chi connectivity index (χ3n) is 3.21. The molecule has 0 amide bonds. The van der Waals surface area contributed by atoms with Gasteiger partial charge in [-0.2, -0.15) is 5.26 Å². The number of aliphatic hydroxyl groups excluding tert-OH is 1. The molecule has 0 saturated heterocycles. The first-order valence-corrected chi connectivity index (χ1v) is 8.13. The number of nitriles is 1. The summed E-state index contributed by atoms with van der Waals surface area (Å²) in [7, 11) is -4.02. The van der Waals surface area contributed by atoms with Gasteiger partial charge in [0.15, 0.2) is 15.9 Å². The quantitative estimate of drug-likeness (QED) is 0.508. The molecule has 7 nitrogen and oxygen atoms in total. The van der Waals surface area contributed by atoms with Crippen molar-refractivity contribution >= 4 is 15.5 Å². The van der Waals surface area contributed by atoms with Gasteiger partial charge < -0.3 is 5.11 Å². The second-order valence-corrected chi connectivity index (χ2v) is 6.67. The maximum Gasteiger partial charge on any atom is 0.287 e. The van der Waals surface area contributed by atoms with Crippen molar-refractivity contribution in [1.29, 1.82) is 5.26 Å². The van der Waals surface area contributed by atoms with Crippen LogP contribution >= 0.6 is 0 Å². The molecule has 0 aliphatic carbocycles. The lowest BCUT2D eigenvalue weighted by molar-refractivity contribution is -0.387. The molecule has 118 valence electrons. The number of rotatable bonds is 5. The maximum atomic E-state index is 12.5. The highest BCUT2D eigenvalue weighted by molar-refractivity contribution is 7.90. The minimum atomic E-state index is -4.02. The van der Waals surface area contributed by atoms with Crippen molar-refractivity contribution in [3.8, 4) is 6.07 Å². The zero-order valence-electron chi connectivity index (χ0n) is 11.8. The highest BCUT2D eigenvalue weighted by atomic mass is 32.2. The van der Waals surface area contributed by atoms with Crippen molar-refractivity contribution in [2.75, 3.05) is 0 Å². The van der Waals surface area contributed by atoms with Crippen molar-refractivity contribution in [2.45, 2.75) is 16.8 Å². The van der Waals surface area contributed by atoms with Crippen LogP contribution < -0.4 is 0 Å². The molecule has 8 heteroatoms. The van der Waals surface area contributed by atoms with Crippen molar-refractivity contribution < 1.29 is 18.4 Å². The molecule has 0 aliphatic rings. The molecule has 23 heavy (non-hydrogen) atoms. The maximum absolute atomic E-state index is 12.5. The highest BCUT2D eigenvalue weighted by Crippen LogP contribution is 2.28. The second-order valence-electron chi connectivity index (χ2n) is 4.71. The number of hydrogen-bond donors (Lipinski definition) is 1. The van der Waals surface area contributed by atoms with Gasteiger partial charge in [-0.3, -0.25) is 10.1 Å². The van der Waals surface area contributed by atoms with Crippen LogP contribution in [0.4, 0.5) is 5.69 Å². The van der Waals surface area contributed by atoms with E-state index in [-0.39, 0.29) is 11.1 Å². The molecule has 0 aliphatic heterocycles. The average molecular weight is 332 g/mol. The van der Waals surface area contributed by atoms with E-state index >= 15 is 0 Å². The smallest absolute Gasteiger partial charge is 0.287 e. The first-order valence-electron chi connectivity index (χ1n) is 6.48. The fraction of sp³-hybridized carbons (Fsp3) is 0.133. The molecular weight excluding hydrogens is 320 g/mol. The Labute approximate surface area is 132 Å². The zero-order chi connectivity index (χ0) is 17.0. The van der Waals surface area contributed by atoms with Crippen LogP contribution in [0, 0.1) is 21.4 Å². The highest BCUT2D eigenvalue weighted by Gasteiger charge is 2.26. The van der Waals surface area contributed by atoms with E-state index in [4.69, 9.17) is 5.26 Å². The van der Waals surface area contributed by atoms with E-state index in [0.717, 1.165) is 12.1 Å². The van der Waals surface area contributed by atoms with E-state index in [9.17, 15) is 23.6 Å². The summed E-state index contributed by atoms with van der Waals surface area (Å²) in [6.45, 7) is 0. The molecule has 1 atom stereocenters. The second kappa shape index (κ2) is 6.56. The topological polar surface area (TPSA) is 121 Å². The van der Waals surface area contributed by atoms with Crippen molar-refractivity contribution in [3.63, 3.8) is 0 Å². The number of hydrogen-bond acceptors (Lipinski definition) is 6. The molecule has 0 saturated carbocycles. The molecule has 2 aromatic carbocycles. The van der Waals surface area contributed by atoms with Gasteiger partial charge in [0.05, 0.1) is 16.7 Å². The third kappa shape index (κ3) is 3.53. The van der Waals surface area contributed by atoms with Gasteiger partial charge in [0.25, 0.3) is 5.69 Å². The Morgan fingerprint density at radius 1 is 1.17 bits per heavy atom. The van der Waals surface area contributed by atoms with E-state index in [1.807, 2.05) is 0 Å². The molecule has 0 fully saturated rings. The minimum absolute atomic E-state index is 0.164. The van der Waals surface area contributed by atoms with Gasteiger partial charge in [-0.1, -0.05) is 36.4 Å². The van der Waals surface area contributed by atoms with Gasteiger partial charge in [-0.15, -0.1) is 0 Å². The predicted octanol–water partition coefficient (Wildman–Crippen LogP) is 2.13. The lowest BCUT2D eigenvalue weighted by Gasteiger charge is -2.11. The van der Waals surface area contributed by atoms with Crippen molar-refractivity contribution in [2.24, 2.45) is 0 Å². The Morgan fingerprint density at radius 3 is 2.43 bits per heavy atom. The zero-order valence-corrected chi connectivity index (χ0v) is 12.6. The fourth-order valence-corrected chi connectivity index (χ4v) is 3.73. The Balaban J connectivity index is 2.49. The van der Waals surface area contributed by atoms with E-state index in [2.05, 4.69) is 0 Å². The van der Waals surface area contributed by atoms with Gasteiger partial charge >= 0.3 is 0 Å². The van der Waals surface area contributed by atoms with E-state index < -0.39 is 37.2 Å². The molecule has 0 heterocycles. The van der Waals surface area contributed by atoms with Gasteiger partial charge in [0.1, 0.15) is 4.90 Å². The minimum Gasteiger partial charge on any atom is -0.374 e. The Kier molecular flexibility index (Phi) is 4.74. The summed E-state index contributed by atoms with van der Waals surface area (Å²) in [5, 5.41) is 29.5. The van der Waals surface area contributed by atoms with Gasteiger partial charge in [0, 0.05) is 6.07 Å². The number of aliphatic hydroxyl groups is 1. The molecule has 2 rings (SSSR count). The van der Waals surface area contributed by atoms with E-state index in [1.165, 1.54) is 24.3 Å². The molecule has 1 N–H and O–H groups in total. The largest absolute Gasteiger partial charge is 0.374 e. The molecular formula is C15H12N2O5S. The summed E-state index contributed by atoms with van der Waals surface area (Å²) < 4.78 is 25.0. The monoisotopic (exact) mass is 332 g/mol. The summed E-state index contributed by atoms with van der Waals surface area (Å²) in [6.07, 6.45) is -1.47. The van der Waals surface area contributed by atoms with Crippen LogP contribution in [0.2, 0.25) is 0 Å². The number of nitro benzene ring substituents is 1. The first kappa shape index (κ1) is 16.6. The first-order chi connectivity index (χ1) is 10.9. The summed E-state index contributed by atoms with van der Waals surface area (Å²) in [6, 6.07) is 12.7. The van der Waals surface area contributed by atoms with E-state index in [0.29, 0.717) is 0 Å². The molecule has 0 radical (unpaired) electrons. The normalized spacial score (nSPS) is 12.3. The predicted molar refractivity (Wildman–Crippen MR) is 81.0 cm³/mol. The lowest BCUT2D eigenvalue weighted by Crippen LogP contribution is -2.10. The van der Waals surface area contributed by atoms with Crippen LogP contribution in [0.5, 0.6) is 0 Å². The Bertz CT molecular complexity index is 887. The van der Waals surface area contributed by atoms with Crippen LogP contribution in [0.1, 0.15) is 17.2 Å². The summed E-state index contributed by atoms with van der Waals surface area (Å²) >= 11 is 0. The summed E-state index contributed by atoms with van der Waals surface area (Å²) in [5.74, 6) is -0.549. The van der Waals surface area contributed by atoms with Crippen LogP contribution in [0.3, 0.4) is 0 Å². The number of benzene rings is 2. The van der Waals surface area contributed by atoms with Crippen molar-refractivity contribution in [1.82, 2.24) is 0 Å². The molecule has 0 bridgehead atoms. The van der Waals surface area contributed by atoms with Crippen LogP contribution in [-0.2, 0) is 15.6 Å². The van der Waals surface area contributed by atoms with Crippen LogP contribution in [0.25, 0.3) is 0 Å². The summed E-state index contributed by atoms with van der Waals surface area (Å²) in [4.78, 5) is 9.84. The Hall–Kier alpha value is -2.76. The molecule has 1 unspecified atom stereocenters. The van der Waals surface area contributed by atoms with Gasteiger partial charge in [0.2, 0.25) is 0 Å².